The molecule has 8 nitrogen and oxygen atoms in total. The first-order chi connectivity index (χ1) is 5.95. The molecule has 0 heterocycles. The highest BCUT2D eigenvalue weighted by molar-refractivity contribution is 6.18. The van der Waals surface area contributed by atoms with Crippen molar-refractivity contribution in [2.24, 2.45) is 5.73 Å². The van der Waals surface area contributed by atoms with Crippen LogP contribution in [0, 0.1) is 5.53 Å². The van der Waals surface area contributed by atoms with Crippen LogP contribution < -0.4 is 10.8 Å². The zero-order valence-electron chi connectivity index (χ0n) is 6.51. The minimum Gasteiger partial charge on any atom is -0.539 e. The van der Waals surface area contributed by atoms with Gasteiger partial charge in [-0.1, -0.05) is 0 Å². The fourth-order valence-electron chi connectivity index (χ4n) is 0.131. The highest BCUT2D eigenvalue weighted by Crippen LogP contribution is 1.71. The Morgan fingerprint density at radius 1 is 1.69 bits per heavy atom. The number of hydrogen-bond acceptors (Lipinski definition) is 6. The van der Waals surface area contributed by atoms with Crippen molar-refractivity contribution in [1.29, 1.82) is 5.53 Å². The van der Waals surface area contributed by atoms with Crippen molar-refractivity contribution in [2.45, 2.75) is 6.04 Å². The lowest BCUT2D eigenvalue weighted by Crippen LogP contribution is -2.33. The van der Waals surface area contributed by atoms with Crippen LogP contribution in [0.4, 0.5) is 0 Å². The summed E-state index contributed by atoms with van der Waals surface area (Å²) in [5.41, 5.74) is 10.6. The van der Waals surface area contributed by atoms with Crippen LogP contribution >= 0.6 is 0 Å². The summed E-state index contributed by atoms with van der Waals surface area (Å²) in [6.07, 6.45) is 0.389. The van der Waals surface area contributed by atoms with Gasteiger partial charge in [0.05, 0.1) is 12.1 Å². The molecule has 0 amide bonds. The van der Waals surface area contributed by atoms with Gasteiger partial charge in [-0.05, 0) is 0 Å². The normalized spacial score (nSPS) is 10.0. The zero-order valence-corrected chi connectivity index (χ0v) is 6.51. The molecule has 0 aliphatic heterocycles. The number of carboxylic acid groups (broad SMARTS) is 2. The first-order valence-corrected chi connectivity index (χ1v) is 2.95. The van der Waals surface area contributed by atoms with E-state index in [4.69, 9.17) is 21.5 Å². The summed E-state index contributed by atoms with van der Waals surface area (Å²) >= 11 is 0. The molecule has 1 atom stereocenters. The van der Waals surface area contributed by atoms with Crippen LogP contribution in [0.5, 0.6) is 0 Å². The minimum atomic E-state index is -1.44. The van der Waals surface area contributed by atoms with Crippen molar-refractivity contribution in [1.82, 2.24) is 0 Å². The molecule has 0 aliphatic rings. The van der Waals surface area contributed by atoms with Crippen LogP contribution in [-0.4, -0.2) is 45.8 Å². The summed E-state index contributed by atoms with van der Waals surface area (Å²) in [6, 6.07) is -1.13. The van der Waals surface area contributed by atoms with Gasteiger partial charge in [-0.2, -0.15) is 0 Å². The lowest BCUT2D eigenvalue weighted by Gasteiger charge is -1.96. The Hall–Kier alpha value is -1.76. The van der Waals surface area contributed by atoms with Crippen LogP contribution in [0.3, 0.4) is 0 Å². The minimum absolute atomic E-state index is 0.389. The Labute approximate surface area is 72.8 Å². The average Bonchev–Trinajstić information content (AvgIpc) is 2.03. The predicted octanol–water partition coefficient (Wildman–Crippen LogP) is -3.56. The third kappa shape index (κ3) is 13.3. The van der Waals surface area contributed by atoms with Gasteiger partial charge in [-0.25, -0.2) is 0 Å². The van der Waals surface area contributed by atoms with Gasteiger partial charge in [0.25, 0.3) is 0 Å². The molecule has 0 bridgehead atoms. The summed E-state index contributed by atoms with van der Waals surface area (Å²) in [6.45, 7) is -0.505. The number of hydrogen-bond donors (Lipinski definition) is 4. The van der Waals surface area contributed by atoms with Gasteiger partial charge in [0, 0.05) is 4.79 Å². The lowest BCUT2D eigenvalue weighted by molar-refractivity contribution is -0.297. The van der Waals surface area contributed by atoms with Gasteiger partial charge < -0.3 is 25.8 Å². The van der Waals surface area contributed by atoms with Crippen LogP contribution in [0.1, 0.15) is 0 Å². The molecule has 13 heavy (non-hydrogen) atoms. The maximum Gasteiger partial charge on any atom is 0.352 e. The molecule has 0 aromatic carbocycles. The third-order valence-corrected chi connectivity index (χ3v) is 0.684. The molecule has 8 heteroatoms. The van der Waals surface area contributed by atoms with Crippen LogP contribution in [0.25, 0.3) is 0 Å². The van der Waals surface area contributed by atoms with E-state index in [-0.39, 0.29) is 0 Å². The summed E-state index contributed by atoms with van der Waals surface area (Å²) in [4.78, 5) is 21.3. The summed E-state index contributed by atoms with van der Waals surface area (Å²) < 4.78 is 0. The molecule has 0 fully saturated rings. The third-order valence-electron chi connectivity index (χ3n) is 0.684. The number of carboxylic acids is 2. The molecule has 0 saturated heterocycles. The second-order valence-electron chi connectivity index (χ2n) is 1.70. The molecular formula is C5H9N3O5. The Morgan fingerprint density at radius 3 is 2.15 bits per heavy atom. The van der Waals surface area contributed by atoms with Crippen LogP contribution in [-0.2, 0) is 9.59 Å². The lowest BCUT2D eigenvalue weighted by atomic mass is 10.3. The molecule has 5 N–H and O–H groups in total. The Morgan fingerprint density at radius 2 is 2.15 bits per heavy atom. The number of carbonyl (C=O) groups is 2. The van der Waals surface area contributed by atoms with Crippen molar-refractivity contribution in [2.75, 3.05) is 6.61 Å². The standard InChI is InChI=1S/C3H7NO3.C2H2N2O2/c4-2(1-5)3(6)7;3-4-1-2(5)6/h2,5H,1,4H2,(H,6,7);1,3H. The largest absolute Gasteiger partial charge is 0.539 e. The Bertz CT molecular complexity index is 222. The average molecular weight is 191 g/mol. The maximum absolute atomic E-state index is 9.65. The molecule has 0 aromatic heterocycles. The van der Waals surface area contributed by atoms with E-state index >= 15 is 0 Å². The van der Waals surface area contributed by atoms with Crippen molar-refractivity contribution in [3.8, 4) is 0 Å². The van der Waals surface area contributed by atoms with Gasteiger partial charge in [0.1, 0.15) is 6.04 Å². The highest BCUT2D eigenvalue weighted by atomic mass is 16.4. The zero-order chi connectivity index (χ0) is 10.9. The first-order valence-electron chi connectivity index (χ1n) is 2.95. The second kappa shape index (κ2) is 8.34. The first kappa shape index (κ1) is 13.8. The van der Waals surface area contributed by atoms with Crippen LogP contribution in [0.15, 0.2) is 0 Å². The molecule has 0 rings (SSSR count). The fraction of sp³-hybridized carbons (Fsp3) is 0.400. The van der Waals surface area contributed by atoms with Gasteiger partial charge in [0.2, 0.25) is 0 Å². The molecule has 0 radical (unpaired) electrons. The van der Waals surface area contributed by atoms with E-state index in [0.717, 1.165) is 0 Å². The summed E-state index contributed by atoms with van der Waals surface area (Å²) in [5.74, 6) is -2.62. The highest BCUT2D eigenvalue weighted by Gasteiger charge is 2.06. The summed E-state index contributed by atoms with van der Waals surface area (Å²) in [5, 5.41) is 25.1. The number of nitrogens with zero attached hydrogens (tertiary/aromatic N) is 1. The van der Waals surface area contributed by atoms with Gasteiger partial charge in [0.15, 0.2) is 5.97 Å². The fourth-order valence-corrected chi connectivity index (χ4v) is 0.131. The molecule has 0 aliphatic carbocycles. The molecule has 0 saturated carbocycles. The molecule has 1 unspecified atom stereocenters. The van der Waals surface area contributed by atoms with E-state index in [9.17, 15) is 14.7 Å². The SMILES string of the molecule is N=[N+]=CC(=O)[O-].NC(CO)C(=O)O. The quantitative estimate of drug-likeness (QED) is 0.205. The van der Waals surface area contributed by atoms with Gasteiger partial charge >= 0.3 is 12.2 Å². The number of aliphatic hydroxyl groups is 1. The molecule has 0 aromatic rings. The maximum atomic E-state index is 9.65. The molecule has 74 valence electrons. The van der Waals surface area contributed by atoms with E-state index in [1.807, 2.05) is 0 Å². The molecular weight excluding hydrogens is 182 g/mol. The van der Waals surface area contributed by atoms with Crippen molar-refractivity contribution in [3.05, 3.63) is 0 Å². The van der Waals surface area contributed by atoms with E-state index in [2.05, 4.69) is 4.79 Å². The van der Waals surface area contributed by atoms with Crippen molar-refractivity contribution in [3.63, 3.8) is 0 Å². The van der Waals surface area contributed by atoms with E-state index in [0.29, 0.717) is 6.21 Å². The van der Waals surface area contributed by atoms with Crippen molar-refractivity contribution >= 4 is 18.2 Å². The Balaban J connectivity index is 0. The van der Waals surface area contributed by atoms with E-state index in [1.54, 1.807) is 0 Å². The monoisotopic (exact) mass is 191 g/mol. The van der Waals surface area contributed by atoms with E-state index in [1.165, 1.54) is 0 Å². The number of carbonyl (C=O) groups excluding carboxylic acids is 1. The molecule has 0 spiro atoms. The predicted molar refractivity (Wildman–Crippen MR) is 36.7 cm³/mol. The number of nitrogens with two attached hydrogens (primary N) is 1. The van der Waals surface area contributed by atoms with Crippen LogP contribution in [0.2, 0.25) is 0 Å². The topological polar surface area (TPSA) is 162 Å². The number of aliphatic carboxylic acids is 2. The smallest absolute Gasteiger partial charge is 0.352 e. The van der Waals surface area contributed by atoms with Gasteiger partial charge in [-0.15, -0.1) is 0 Å². The summed E-state index contributed by atoms with van der Waals surface area (Å²) in [7, 11) is 0. The second-order valence-corrected chi connectivity index (χ2v) is 1.70. The number of aliphatic hydroxyl groups excluding tert-OH is 1. The van der Waals surface area contributed by atoms with Crippen molar-refractivity contribution < 1.29 is 29.7 Å². The van der Waals surface area contributed by atoms with Gasteiger partial charge in [-0.3, -0.25) is 4.79 Å². The number of rotatable bonds is 3. The number of nitrogens with one attached hydrogen (secondary N) is 1. The Kier molecular flexibility index (Phi) is 8.85. The van der Waals surface area contributed by atoms with E-state index < -0.39 is 24.6 Å².